The highest BCUT2D eigenvalue weighted by molar-refractivity contribution is 6.36. The van der Waals surface area contributed by atoms with E-state index in [1.54, 1.807) is 15.5 Å². The monoisotopic (exact) mass is 838 g/mol. The van der Waals surface area contributed by atoms with Crippen molar-refractivity contribution in [3.63, 3.8) is 0 Å². The Morgan fingerprint density at radius 3 is 2.03 bits per heavy atom. The summed E-state index contributed by atoms with van der Waals surface area (Å²) in [5.41, 5.74) is 6.17. The van der Waals surface area contributed by atoms with E-state index in [0.717, 1.165) is 86.2 Å². The number of imidazole rings is 2. The molecule has 2 aromatic carbocycles. The van der Waals surface area contributed by atoms with Gasteiger partial charge in [0.2, 0.25) is 0 Å². The van der Waals surface area contributed by atoms with Gasteiger partial charge in [0.1, 0.15) is 5.60 Å². The SMILES string of the molecule is COC(=O)C12CCC(CCN3CCc4c(nc(C(=O)Nc5cccc(-c6cccc(NC(=O)c7nc8c(n7C)CCN(C(=O)OC(C)(C)C)C8)c6C)c5Cl)n4C)C3)(CC1)C2. The third-order valence-corrected chi connectivity index (χ3v) is 13.7. The normalized spacial score (nSPS) is 21.0. The van der Waals surface area contributed by atoms with E-state index in [-0.39, 0.29) is 41.0 Å². The van der Waals surface area contributed by atoms with E-state index in [1.807, 2.05) is 76.7 Å². The molecule has 2 aromatic heterocycles. The number of nitrogens with zero attached hydrogens (tertiary/aromatic N) is 6. The summed E-state index contributed by atoms with van der Waals surface area (Å²) in [6, 6.07) is 11.1. The van der Waals surface area contributed by atoms with Crippen molar-refractivity contribution in [3.05, 3.63) is 81.4 Å². The summed E-state index contributed by atoms with van der Waals surface area (Å²) < 4.78 is 14.4. The maximum Gasteiger partial charge on any atom is 0.410 e. The molecule has 2 saturated carbocycles. The highest BCUT2D eigenvalue weighted by Crippen LogP contribution is 2.63. The maximum absolute atomic E-state index is 13.8. The number of hydrogen-bond acceptors (Lipinski definition) is 9. The van der Waals surface area contributed by atoms with Crippen LogP contribution in [0.15, 0.2) is 36.4 Å². The summed E-state index contributed by atoms with van der Waals surface area (Å²) in [6.07, 6.45) is 6.92. The molecule has 14 nitrogen and oxygen atoms in total. The van der Waals surface area contributed by atoms with Crippen LogP contribution in [0.1, 0.15) is 109 Å². The molecule has 4 heterocycles. The molecular weight excluding hydrogens is 784 g/mol. The Balaban J connectivity index is 0.926. The van der Waals surface area contributed by atoms with Crippen LogP contribution in [0, 0.1) is 17.8 Å². The van der Waals surface area contributed by atoms with Crippen LogP contribution in [-0.2, 0) is 54.3 Å². The second-order valence-electron chi connectivity index (χ2n) is 18.2. The standard InChI is InChI=1S/C45H55ClN8O6/c1-27-28(10-8-12-30(27)49-39(55)37-48-33-25-54(22-15-35(33)52(37)6)42(58)60-43(2,3)4)29-11-9-13-31(36(29)46)50-40(56)38-47-32-24-53(21-14-34(32)51(38)5)23-20-44-16-18-45(26-44,19-17-44)41(57)59-7/h8-13H,14-26H2,1-7H3,(H,49,55)(H,50,56). The van der Waals surface area contributed by atoms with Gasteiger partial charge in [-0.25, -0.2) is 14.8 Å². The van der Waals surface area contributed by atoms with Crippen molar-refractivity contribution in [2.75, 3.05) is 37.4 Å². The lowest BCUT2D eigenvalue weighted by Gasteiger charge is -2.32. The fourth-order valence-corrected chi connectivity index (χ4v) is 10.3. The minimum Gasteiger partial charge on any atom is -0.469 e. The van der Waals surface area contributed by atoms with Gasteiger partial charge in [0.25, 0.3) is 11.8 Å². The maximum atomic E-state index is 13.8. The fourth-order valence-electron chi connectivity index (χ4n) is 10.0. The molecular formula is C45H55ClN8O6. The van der Waals surface area contributed by atoms with E-state index < -0.39 is 11.7 Å². The second kappa shape index (κ2) is 15.7. The number of anilines is 2. The number of methoxy groups -OCH3 is 1. The van der Waals surface area contributed by atoms with Gasteiger partial charge in [-0.3, -0.25) is 19.3 Å². The van der Waals surface area contributed by atoms with Crippen LogP contribution in [-0.4, -0.2) is 85.1 Å². The highest BCUT2D eigenvalue weighted by atomic mass is 35.5. The topological polar surface area (TPSA) is 153 Å². The van der Waals surface area contributed by atoms with Crippen molar-refractivity contribution in [2.24, 2.45) is 24.9 Å². The van der Waals surface area contributed by atoms with Gasteiger partial charge in [0.15, 0.2) is 11.6 Å². The molecule has 318 valence electrons. The van der Waals surface area contributed by atoms with E-state index in [9.17, 15) is 19.2 Å². The molecule has 0 saturated heterocycles. The second-order valence-corrected chi connectivity index (χ2v) is 18.6. The molecule has 0 radical (unpaired) electrons. The van der Waals surface area contributed by atoms with Gasteiger partial charge in [-0.15, -0.1) is 0 Å². The van der Waals surface area contributed by atoms with Gasteiger partial charge in [-0.05, 0) is 101 Å². The van der Waals surface area contributed by atoms with E-state index in [1.165, 1.54) is 7.11 Å². The van der Waals surface area contributed by atoms with Crippen LogP contribution >= 0.6 is 11.6 Å². The van der Waals surface area contributed by atoms with Gasteiger partial charge in [0.05, 0.1) is 41.2 Å². The Bertz CT molecular complexity index is 2390. The van der Waals surface area contributed by atoms with Gasteiger partial charge in [0, 0.05) is 69.2 Å². The number of hydrogen-bond donors (Lipinski definition) is 2. The first-order valence-electron chi connectivity index (χ1n) is 20.9. The smallest absolute Gasteiger partial charge is 0.410 e. The van der Waals surface area contributed by atoms with Crippen molar-refractivity contribution in [1.82, 2.24) is 28.9 Å². The van der Waals surface area contributed by atoms with Gasteiger partial charge >= 0.3 is 12.1 Å². The molecule has 60 heavy (non-hydrogen) atoms. The Kier molecular flexibility index (Phi) is 10.8. The zero-order chi connectivity index (χ0) is 42.7. The lowest BCUT2D eigenvalue weighted by atomic mass is 9.80. The number of carbonyl (C=O) groups excluding carboxylic acids is 4. The van der Waals surface area contributed by atoms with Crippen molar-refractivity contribution in [1.29, 1.82) is 0 Å². The minimum absolute atomic E-state index is 0.0421. The molecule has 2 bridgehead atoms. The van der Waals surface area contributed by atoms with E-state index in [0.29, 0.717) is 53.0 Å². The first-order valence-corrected chi connectivity index (χ1v) is 21.3. The number of fused-ring (bicyclic) bond motifs is 4. The summed E-state index contributed by atoms with van der Waals surface area (Å²) in [7, 11) is 5.20. The molecule has 0 spiro atoms. The van der Waals surface area contributed by atoms with Gasteiger partial charge in [-0.1, -0.05) is 35.9 Å². The van der Waals surface area contributed by atoms with Crippen molar-refractivity contribution >= 4 is 46.9 Å². The Morgan fingerprint density at radius 1 is 0.817 bits per heavy atom. The molecule has 8 rings (SSSR count). The number of ether oxygens (including phenoxy) is 2. The number of amides is 3. The lowest BCUT2D eigenvalue weighted by molar-refractivity contribution is -0.152. The predicted octanol–water partition coefficient (Wildman–Crippen LogP) is 7.45. The average molecular weight is 839 g/mol. The number of rotatable bonds is 9. The quantitative estimate of drug-likeness (QED) is 0.164. The molecule has 2 aliphatic carbocycles. The molecule has 3 amide bonds. The molecule has 0 unspecified atom stereocenters. The summed E-state index contributed by atoms with van der Waals surface area (Å²) >= 11 is 7.05. The van der Waals surface area contributed by atoms with Gasteiger partial charge < -0.3 is 34.1 Å². The predicted molar refractivity (Wildman–Crippen MR) is 228 cm³/mol. The highest BCUT2D eigenvalue weighted by Gasteiger charge is 2.58. The molecule has 15 heteroatoms. The van der Waals surface area contributed by atoms with Crippen molar-refractivity contribution in [3.8, 4) is 11.1 Å². The van der Waals surface area contributed by atoms with Crippen LogP contribution in [0.4, 0.5) is 16.2 Å². The Labute approximate surface area is 356 Å². The number of aromatic nitrogens is 4. The Morgan fingerprint density at radius 2 is 1.40 bits per heavy atom. The lowest BCUT2D eigenvalue weighted by Crippen LogP contribution is -2.40. The van der Waals surface area contributed by atoms with Gasteiger partial charge in [-0.2, -0.15) is 0 Å². The van der Waals surface area contributed by atoms with Crippen molar-refractivity contribution in [2.45, 2.75) is 97.8 Å². The number of nitrogens with one attached hydrogen (secondary N) is 2. The average Bonchev–Trinajstić information content (AvgIpc) is 3.97. The number of esters is 1. The van der Waals surface area contributed by atoms with E-state index in [4.69, 9.17) is 26.1 Å². The van der Waals surface area contributed by atoms with Crippen LogP contribution in [0.3, 0.4) is 0 Å². The summed E-state index contributed by atoms with van der Waals surface area (Å²) in [5, 5.41) is 6.42. The number of benzene rings is 2. The molecule has 0 atom stereocenters. The van der Waals surface area contributed by atoms with E-state index in [2.05, 4.69) is 20.5 Å². The largest absolute Gasteiger partial charge is 0.469 e. The van der Waals surface area contributed by atoms with Crippen LogP contribution in [0.5, 0.6) is 0 Å². The number of halogens is 1. The molecule has 2 aliphatic heterocycles. The number of carbonyl (C=O) groups is 4. The Hall–Kier alpha value is -5.21. The fraction of sp³-hybridized carbons (Fsp3) is 0.511. The molecule has 4 aromatic rings. The van der Waals surface area contributed by atoms with Crippen molar-refractivity contribution < 1.29 is 28.7 Å². The molecule has 2 N–H and O–H groups in total. The zero-order valence-corrected chi connectivity index (χ0v) is 36.4. The van der Waals surface area contributed by atoms with E-state index >= 15 is 0 Å². The first-order chi connectivity index (χ1) is 28.5. The molecule has 4 aliphatic rings. The summed E-state index contributed by atoms with van der Waals surface area (Å²) in [4.78, 5) is 66.4. The molecule has 2 fully saturated rings. The van der Waals surface area contributed by atoms with Crippen LogP contribution < -0.4 is 10.6 Å². The third kappa shape index (κ3) is 7.68. The van der Waals surface area contributed by atoms with Crippen LogP contribution in [0.2, 0.25) is 5.02 Å². The third-order valence-electron chi connectivity index (χ3n) is 13.3. The van der Waals surface area contributed by atoms with Crippen LogP contribution in [0.25, 0.3) is 11.1 Å². The minimum atomic E-state index is -0.613. The zero-order valence-electron chi connectivity index (χ0n) is 35.7. The first kappa shape index (κ1) is 41.5. The summed E-state index contributed by atoms with van der Waals surface area (Å²) in [6.45, 7) is 10.6. The summed E-state index contributed by atoms with van der Waals surface area (Å²) in [5.74, 6) is -0.201.